The molecule has 0 spiro atoms. The van der Waals surface area contributed by atoms with E-state index in [0.717, 1.165) is 38.5 Å². The Morgan fingerprint density at radius 3 is 0.877 bits per heavy atom. The maximum absolute atomic E-state index is 12.6. The van der Waals surface area contributed by atoms with Crippen molar-refractivity contribution in [1.82, 2.24) is 5.32 Å². The number of nitrogens with one attached hydrogen (secondary N) is 1. The standard InChI is InChI=1S/C75H147NO5/c1-3-5-7-9-11-13-15-17-19-21-22-23-24-25-26-29-32-36-39-43-47-51-55-59-63-67-73(78)72(71-77)76-74(79)68-64-60-56-52-48-44-40-37-33-30-27-28-31-34-38-42-46-50-54-58-62-66-70-81-75(80)69-65-61-57-53-49-45-41-35-20-18-16-14-12-10-8-6-4-2/h30,33,72-73,77-78H,3-29,31-32,34-71H2,1-2H3,(H,76,79)/b33-30-. The van der Waals surface area contributed by atoms with Gasteiger partial charge in [0.1, 0.15) is 0 Å². The highest BCUT2D eigenvalue weighted by Crippen LogP contribution is 2.20. The number of hydrogen-bond acceptors (Lipinski definition) is 5. The highest BCUT2D eigenvalue weighted by molar-refractivity contribution is 5.76. The van der Waals surface area contributed by atoms with Gasteiger partial charge in [0.05, 0.1) is 25.4 Å². The van der Waals surface area contributed by atoms with E-state index in [1.807, 2.05) is 0 Å². The fourth-order valence-electron chi connectivity index (χ4n) is 12.1. The predicted octanol–water partition coefficient (Wildman–Crippen LogP) is 24.3. The van der Waals surface area contributed by atoms with E-state index in [1.54, 1.807) is 0 Å². The van der Waals surface area contributed by atoms with Crippen LogP contribution in [0.5, 0.6) is 0 Å². The summed E-state index contributed by atoms with van der Waals surface area (Å²) in [5.41, 5.74) is 0. The minimum absolute atomic E-state index is 0.0154. The fraction of sp³-hybridized carbons (Fsp3) is 0.947. The Morgan fingerprint density at radius 1 is 0.333 bits per heavy atom. The number of unbranched alkanes of at least 4 members (excludes halogenated alkanes) is 58. The van der Waals surface area contributed by atoms with Gasteiger partial charge >= 0.3 is 5.97 Å². The molecule has 81 heavy (non-hydrogen) atoms. The van der Waals surface area contributed by atoms with E-state index in [-0.39, 0.29) is 18.5 Å². The van der Waals surface area contributed by atoms with Crippen LogP contribution in [-0.2, 0) is 14.3 Å². The van der Waals surface area contributed by atoms with Crippen molar-refractivity contribution in [2.75, 3.05) is 13.2 Å². The minimum Gasteiger partial charge on any atom is -0.466 e. The molecule has 6 nitrogen and oxygen atoms in total. The summed E-state index contributed by atoms with van der Waals surface area (Å²) < 4.78 is 5.51. The SMILES string of the molecule is CCCCCCCCCCCCCCCCCCCCCCCCCCCC(O)C(CO)NC(=O)CCCCCCCCC/C=C\CCCCCCCCCCCCCOC(=O)CCCCCCCCCCCCCCCCCCC. The Bertz CT molecular complexity index is 1220. The zero-order chi connectivity index (χ0) is 58.5. The molecule has 0 fully saturated rings. The Labute approximate surface area is 508 Å². The third-order valence-corrected chi connectivity index (χ3v) is 17.8. The molecule has 0 heterocycles. The first-order chi connectivity index (χ1) is 40.0. The number of ether oxygens (including phenoxy) is 1. The predicted molar refractivity (Wildman–Crippen MR) is 357 cm³/mol. The first-order valence-corrected chi connectivity index (χ1v) is 37.4. The molecule has 3 N–H and O–H groups in total. The molecule has 0 bridgehead atoms. The van der Waals surface area contributed by atoms with Crippen molar-refractivity contribution >= 4 is 11.9 Å². The summed E-state index contributed by atoms with van der Waals surface area (Å²) >= 11 is 0. The van der Waals surface area contributed by atoms with E-state index in [4.69, 9.17) is 4.74 Å². The van der Waals surface area contributed by atoms with Crippen molar-refractivity contribution in [3.63, 3.8) is 0 Å². The van der Waals surface area contributed by atoms with Crippen molar-refractivity contribution in [2.45, 2.75) is 443 Å². The molecule has 0 aromatic carbocycles. The third-order valence-electron chi connectivity index (χ3n) is 17.8. The van der Waals surface area contributed by atoms with Crippen LogP contribution >= 0.6 is 0 Å². The molecule has 1 amide bonds. The zero-order valence-electron chi connectivity index (χ0n) is 55.3. The molecule has 0 saturated heterocycles. The van der Waals surface area contributed by atoms with Gasteiger partial charge in [-0.05, 0) is 51.4 Å². The molecule has 0 aliphatic rings. The largest absolute Gasteiger partial charge is 0.466 e. The van der Waals surface area contributed by atoms with E-state index >= 15 is 0 Å². The van der Waals surface area contributed by atoms with Crippen LogP contribution in [0.3, 0.4) is 0 Å². The van der Waals surface area contributed by atoms with E-state index in [1.165, 1.54) is 360 Å². The molecule has 0 rings (SSSR count). The maximum atomic E-state index is 12.6. The zero-order valence-corrected chi connectivity index (χ0v) is 55.3. The number of aliphatic hydroxyl groups is 2. The summed E-state index contributed by atoms with van der Waals surface area (Å²) in [4.78, 5) is 24.7. The van der Waals surface area contributed by atoms with Crippen LogP contribution in [0, 0.1) is 0 Å². The molecule has 2 unspecified atom stereocenters. The van der Waals surface area contributed by atoms with Crippen molar-refractivity contribution in [1.29, 1.82) is 0 Å². The first kappa shape index (κ1) is 79.6. The molecule has 0 aromatic rings. The van der Waals surface area contributed by atoms with Crippen LogP contribution in [0.1, 0.15) is 431 Å². The molecule has 0 aromatic heterocycles. The van der Waals surface area contributed by atoms with Crippen LogP contribution in [0.25, 0.3) is 0 Å². The number of hydrogen-bond donors (Lipinski definition) is 3. The second kappa shape index (κ2) is 71.1. The summed E-state index contributed by atoms with van der Waals surface area (Å²) in [5, 5.41) is 23.5. The van der Waals surface area contributed by atoms with Crippen molar-refractivity contribution < 1.29 is 24.5 Å². The summed E-state index contributed by atoms with van der Waals surface area (Å²) in [6, 6.07) is -0.548. The van der Waals surface area contributed by atoms with Gasteiger partial charge < -0.3 is 20.3 Å². The Kier molecular flexibility index (Phi) is 69.9. The van der Waals surface area contributed by atoms with Crippen LogP contribution in [-0.4, -0.2) is 47.4 Å². The number of allylic oxidation sites excluding steroid dienone is 2. The van der Waals surface area contributed by atoms with Crippen molar-refractivity contribution in [3.05, 3.63) is 12.2 Å². The monoisotopic (exact) mass is 1140 g/mol. The molecule has 0 radical (unpaired) electrons. The number of amides is 1. The molecule has 0 saturated carbocycles. The summed E-state index contributed by atoms with van der Waals surface area (Å²) in [6.07, 6.45) is 88.4. The molecule has 482 valence electrons. The number of esters is 1. The van der Waals surface area contributed by atoms with Crippen molar-refractivity contribution in [2.24, 2.45) is 0 Å². The Balaban J connectivity index is 3.39. The topological polar surface area (TPSA) is 95.9 Å². The number of rotatable bonds is 71. The number of aliphatic hydroxyl groups excluding tert-OH is 2. The van der Waals surface area contributed by atoms with Gasteiger partial charge in [0.2, 0.25) is 5.91 Å². The van der Waals surface area contributed by atoms with Gasteiger partial charge in [-0.1, -0.05) is 379 Å². The lowest BCUT2D eigenvalue weighted by atomic mass is 10.0. The molecular weight excluding hydrogens is 995 g/mol. The molecule has 0 aliphatic carbocycles. The van der Waals surface area contributed by atoms with Crippen LogP contribution in [0.2, 0.25) is 0 Å². The van der Waals surface area contributed by atoms with E-state index in [2.05, 4.69) is 31.3 Å². The smallest absolute Gasteiger partial charge is 0.305 e. The Hall–Kier alpha value is -1.40. The van der Waals surface area contributed by atoms with Crippen LogP contribution in [0.15, 0.2) is 12.2 Å². The lowest BCUT2D eigenvalue weighted by molar-refractivity contribution is -0.143. The van der Waals surface area contributed by atoms with E-state index < -0.39 is 12.1 Å². The van der Waals surface area contributed by atoms with Gasteiger partial charge in [-0.25, -0.2) is 0 Å². The average molecular weight is 1140 g/mol. The van der Waals surface area contributed by atoms with Gasteiger partial charge in [-0.3, -0.25) is 9.59 Å². The van der Waals surface area contributed by atoms with Gasteiger partial charge in [0.15, 0.2) is 0 Å². The van der Waals surface area contributed by atoms with Crippen LogP contribution < -0.4 is 5.32 Å². The summed E-state index contributed by atoms with van der Waals surface area (Å²) in [7, 11) is 0. The highest BCUT2D eigenvalue weighted by atomic mass is 16.5. The second-order valence-electron chi connectivity index (χ2n) is 26.0. The number of carbonyl (C=O) groups excluding carboxylic acids is 2. The van der Waals surface area contributed by atoms with Gasteiger partial charge in [0.25, 0.3) is 0 Å². The maximum Gasteiger partial charge on any atom is 0.305 e. The van der Waals surface area contributed by atoms with Crippen molar-refractivity contribution in [3.8, 4) is 0 Å². The summed E-state index contributed by atoms with van der Waals surface area (Å²) in [5.74, 6) is -0.0208. The highest BCUT2D eigenvalue weighted by Gasteiger charge is 2.20. The lowest BCUT2D eigenvalue weighted by Gasteiger charge is -2.22. The second-order valence-corrected chi connectivity index (χ2v) is 26.0. The molecule has 2 atom stereocenters. The van der Waals surface area contributed by atoms with E-state index in [9.17, 15) is 19.8 Å². The van der Waals surface area contributed by atoms with Gasteiger partial charge in [0, 0.05) is 12.8 Å². The molecule has 6 heteroatoms. The number of carbonyl (C=O) groups is 2. The fourth-order valence-corrected chi connectivity index (χ4v) is 12.1. The quantitative estimate of drug-likeness (QED) is 0.0320. The first-order valence-electron chi connectivity index (χ1n) is 37.4. The van der Waals surface area contributed by atoms with Gasteiger partial charge in [-0.15, -0.1) is 0 Å². The molecular formula is C75H147NO5. The Morgan fingerprint density at radius 2 is 0.580 bits per heavy atom. The molecule has 0 aliphatic heterocycles. The van der Waals surface area contributed by atoms with Gasteiger partial charge in [-0.2, -0.15) is 0 Å². The minimum atomic E-state index is -0.670. The average Bonchev–Trinajstić information content (AvgIpc) is 3.47. The van der Waals surface area contributed by atoms with E-state index in [0.29, 0.717) is 25.9 Å². The lowest BCUT2D eigenvalue weighted by Crippen LogP contribution is -2.45. The third kappa shape index (κ3) is 67.6. The summed E-state index contributed by atoms with van der Waals surface area (Å²) in [6.45, 7) is 5.00. The normalized spacial score (nSPS) is 12.5. The van der Waals surface area contributed by atoms with Crippen LogP contribution in [0.4, 0.5) is 0 Å².